The molecule has 2 N–H and O–H groups in total. The fourth-order valence-corrected chi connectivity index (χ4v) is 2.67. The topological polar surface area (TPSA) is 66.5 Å². The standard InChI is InChI=1S/C19H16BrN3O2/c1-2-9-25-16-6-3-13(4-7-16)19(24)23-22-12-14-11-21-18-8-5-15(20)10-17(14)18/h2-8,10-12,21H,1,9H2,(H,23,24)/b22-12-. The van der Waals surface area contributed by atoms with Gasteiger partial charge in [-0.1, -0.05) is 28.6 Å². The Morgan fingerprint density at radius 1 is 1.28 bits per heavy atom. The number of halogens is 1. The molecule has 0 unspecified atom stereocenters. The second kappa shape index (κ2) is 7.81. The summed E-state index contributed by atoms with van der Waals surface area (Å²) in [5, 5.41) is 5.06. The van der Waals surface area contributed by atoms with Gasteiger partial charge in [0, 0.05) is 32.7 Å². The van der Waals surface area contributed by atoms with Crippen LogP contribution >= 0.6 is 15.9 Å². The van der Waals surface area contributed by atoms with Crippen molar-refractivity contribution in [1.29, 1.82) is 0 Å². The first-order valence-electron chi connectivity index (χ1n) is 7.61. The number of amides is 1. The number of carbonyl (C=O) groups excluding carboxylic acids is 1. The van der Waals surface area contributed by atoms with Crippen LogP contribution < -0.4 is 10.2 Å². The molecular weight excluding hydrogens is 382 g/mol. The minimum absolute atomic E-state index is 0.285. The van der Waals surface area contributed by atoms with Crippen molar-refractivity contribution in [2.24, 2.45) is 5.10 Å². The van der Waals surface area contributed by atoms with E-state index in [1.807, 2.05) is 24.4 Å². The van der Waals surface area contributed by atoms with Gasteiger partial charge in [-0.25, -0.2) is 5.43 Å². The molecule has 25 heavy (non-hydrogen) atoms. The molecule has 3 aromatic rings. The number of benzene rings is 2. The van der Waals surface area contributed by atoms with E-state index in [-0.39, 0.29) is 5.91 Å². The highest BCUT2D eigenvalue weighted by Gasteiger charge is 2.05. The lowest BCUT2D eigenvalue weighted by Crippen LogP contribution is -2.17. The van der Waals surface area contributed by atoms with Crippen LogP contribution in [0.1, 0.15) is 15.9 Å². The van der Waals surface area contributed by atoms with Crippen molar-refractivity contribution in [2.45, 2.75) is 0 Å². The quantitative estimate of drug-likeness (QED) is 0.370. The van der Waals surface area contributed by atoms with Crippen LogP contribution in [0.5, 0.6) is 5.75 Å². The summed E-state index contributed by atoms with van der Waals surface area (Å²) in [5.74, 6) is 0.400. The predicted octanol–water partition coefficient (Wildman–Crippen LogP) is 4.26. The maximum atomic E-state index is 12.1. The van der Waals surface area contributed by atoms with Crippen LogP contribution in [0, 0.1) is 0 Å². The van der Waals surface area contributed by atoms with Crippen LogP contribution in [0.3, 0.4) is 0 Å². The first-order chi connectivity index (χ1) is 12.2. The molecule has 0 fully saturated rings. The number of aromatic amines is 1. The lowest BCUT2D eigenvalue weighted by atomic mass is 10.2. The Morgan fingerprint density at radius 2 is 2.08 bits per heavy atom. The van der Waals surface area contributed by atoms with Crippen molar-refractivity contribution in [1.82, 2.24) is 10.4 Å². The van der Waals surface area contributed by atoms with Gasteiger partial charge in [-0.05, 0) is 42.5 Å². The summed E-state index contributed by atoms with van der Waals surface area (Å²) in [6.07, 6.45) is 5.13. The number of rotatable bonds is 6. The first-order valence-corrected chi connectivity index (χ1v) is 8.40. The maximum absolute atomic E-state index is 12.1. The zero-order chi connectivity index (χ0) is 17.6. The molecule has 0 radical (unpaired) electrons. The SMILES string of the molecule is C=CCOc1ccc(C(=O)N/N=C\c2c[nH]c3ccc(Br)cc23)cc1. The van der Waals surface area contributed by atoms with Gasteiger partial charge in [0.1, 0.15) is 12.4 Å². The fraction of sp³-hybridized carbons (Fsp3) is 0.0526. The molecule has 0 saturated carbocycles. The van der Waals surface area contributed by atoms with E-state index in [0.29, 0.717) is 17.9 Å². The average Bonchev–Trinajstić information content (AvgIpc) is 3.02. The fourth-order valence-electron chi connectivity index (χ4n) is 2.30. The van der Waals surface area contributed by atoms with E-state index < -0.39 is 0 Å². The molecule has 2 aromatic carbocycles. The van der Waals surface area contributed by atoms with Crippen molar-refractivity contribution in [3.63, 3.8) is 0 Å². The van der Waals surface area contributed by atoms with Gasteiger partial charge in [-0.2, -0.15) is 5.10 Å². The third kappa shape index (κ3) is 4.16. The number of nitrogens with zero attached hydrogens (tertiary/aromatic N) is 1. The van der Waals surface area contributed by atoms with Crippen molar-refractivity contribution in [2.75, 3.05) is 6.61 Å². The molecular formula is C19H16BrN3O2. The second-order valence-corrected chi connectivity index (χ2v) is 6.17. The Morgan fingerprint density at radius 3 is 2.84 bits per heavy atom. The molecule has 0 aliphatic carbocycles. The van der Waals surface area contributed by atoms with E-state index in [1.54, 1.807) is 36.6 Å². The zero-order valence-corrected chi connectivity index (χ0v) is 14.9. The largest absolute Gasteiger partial charge is 0.490 e. The summed E-state index contributed by atoms with van der Waals surface area (Å²) in [7, 11) is 0. The van der Waals surface area contributed by atoms with Gasteiger partial charge in [0.15, 0.2) is 0 Å². The summed E-state index contributed by atoms with van der Waals surface area (Å²) in [5.41, 5.74) is 4.93. The highest BCUT2D eigenvalue weighted by molar-refractivity contribution is 9.10. The number of H-pyrrole nitrogens is 1. The van der Waals surface area contributed by atoms with Crippen molar-refractivity contribution in [3.8, 4) is 5.75 Å². The van der Waals surface area contributed by atoms with Gasteiger partial charge >= 0.3 is 0 Å². The molecule has 1 aromatic heterocycles. The van der Waals surface area contributed by atoms with E-state index >= 15 is 0 Å². The molecule has 0 atom stereocenters. The number of hydrogen-bond acceptors (Lipinski definition) is 3. The number of nitrogens with one attached hydrogen (secondary N) is 2. The highest BCUT2D eigenvalue weighted by Crippen LogP contribution is 2.21. The molecule has 6 heteroatoms. The number of ether oxygens (including phenoxy) is 1. The summed E-state index contributed by atoms with van der Waals surface area (Å²) < 4.78 is 6.37. The Hall–Kier alpha value is -2.86. The van der Waals surface area contributed by atoms with Crippen molar-refractivity contribution in [3.05, 3.63) is 76.9 Å². The number of hydrazone groups is 1. The summed E-state index contributed by atoms with van der Waals surface area (Å²) in [4.78, 5) is 15.3. The maximum Gasteiger partial charge on any atom is 0.271 e. The second-order valence-electron chi connectivity index (χ2n) is 5.26. The van der Waals surface area contributed by atoms with Gasteiger partial charge in [-0.3, -0.25) is 4.79 Å². The normalized spacial score (nSPS) is 10.9. The number of carbonyl (C=O) groups is 1. The van der Waals surface area contributed by atoms with Gasteiger partial charge in [0.25, 0.3) is 5.91 Å². The monoisotopic (exact) mass is 397 g/mol. The molecule has 3 rings (SSSR count). The van der Waals surface area contributed by atoms with Gasteiger partial charge in [0.05, 0.1) is 6.21 Å². The van der Waals surface area contributed by atoms with Crippen LogP contribution in [0.15, 0.2) is 70.9 Å². The molecule has 0 spiro atoms. The molecule has 0 saturated heterocycles. The van der Waals surface area contributed by atoms with E-state index in [2.05, 4.69) is 38.0 Å². The molecule has 5 nitrogen and oxygen atoms in total. The molecule has 126 valence electrons. The van der Waals surface area contributed by atoms with E-state index in [9.17, 15) is 4.79 Å². The van der Waals surface area contributed by atoms with E-state index in [0.717, 1.165) is 20.9 Å². The number of fused-ring (bicyclic) bond motifs is 1. The van der Waals surface area contributed by atoms with Crippen LogP contribution in [-0.4, -0.2) is 23.7 Å². The predicted molar refractivity (Wildman–Crippen MR) is 103 cm³/mol. The first kappa shape index (κ1) is 17.0. The summed E-state index contributed by atoms with van der Waals surface area (Å²) >= 11 is 3.45. The lowest BCUT2D eigenvalue weighted by Gasteiger charge is -2.04. The third-order valence-electron chi connectivity index (χ3n) is 3.53. The van der Waals surface area contributed by atoms with Crippen molar-refractivity contribution >= 4 is 39.0 Å². The summed E-state index contributed by atoms with van der Waals surface area (Å²) in [6.45, 7) is 4.02. The number of aromatic nitrogens is 1. The zero-order valence-electron chi connectivity index (χ0n) is 13.3. The Bertz CT molecular complexity index is 929. The summed E-state index contributed by atoms with van der Waals surface area (Å²) in [6, 6.07) is 12.8. The van der Waals surface area contributed by atoms with Crippen LogP contribution in [-0.2, 0) is 0 Å². The minimum atomic E-state index is -0.285. The highest BCUT2D eigenvalue weighted by atomic mass is 79.9. The smallest absolute Gasteiger partial charge is 0.271 e. The van der Waals surface area contributed by atoms with Crippen molar-refractivity contribution < 1.29 is 9.53 Å². The Kier molecular flexibility index (Phi) is 5.30. The van der Waals surface area contributed by atoms with Crippen LogP contribution in [0.2, 0.25) is 0 Å². The average molecular weight is 398 g/mol. The molecule has 1 amide bonds. The molecule has 0 aliphatic heterocycles. The molecule has 1 heterocycles. The number of hydrogen-bond donors (Lipinski definition) is 2. The van der Waals surface area contributed by atoms with Gasteiger partial charge in [-0.15, -0.1) is 0 Å². The third-order valence-corrected chi connectivity index (χ3v) is 4.02. The van der Waals surface area contributed by atoms with Crippen LogP contribution in [0.4, 0.5) is 0 Å². The Balaban J connectivity index is 1.65. The van der Waals surface area contributed by atoms with E-state index in [4.69, 9.17) is 4.74 Å². The minimum Gasteiger partial charge on any atom is -0.490 e. The van der Waals surface area contributed by atoms with Crippen LogP contribution in [0.25, 0.3) is 10.9 Å². The lowest BCUT2D eigenvalue weighted by molar-refractivity contribution is 0.0955. The van der Waals surface area contributed by atoms with E-state index in [1.165, 1.54) is 0 Å². The van der Waals surface area contributed by atoms with Gasteiger partial charge in [0.2, 0.25) is 0 Å². The van der Waals surface area contributed by atoms with Gasteiger partial charge < -0.3 is 9.72 Å². The molecule has 0 bridgehead atoms. The molecule has 0 aliphatic rings. The Labute approximate surface area is 153 Å².